The molecule has 0 bridgehead atoms. The maximum Gasteiger partial charge on any atom is 0.0577 e. The first kappa shape index (κ1) is 14.0. The number of hydrogen-bond donors (Lipinski definition) is 0. The third-order valence-corrected chi connectivity index (χ3v) is 3.90. The van der Waals surface area contributed by atoms with Gasteiger partial charge in [0.2, 0.25) is 0 Å². The van der Waals surface area contributed by atoms with Crippen LogP contribution in [0.1, 0.15) is 54.4 Å². The van der Waals surface area contributed by atoms with Gasteiger partial charge in [-0.05, 0) is 52.4 Å². The Balaban J connectivity index is 0.000000160. The van der Waals surface area contributed by atoms with Gasteiger partial charge in [0.05, 0.1) is 24.4 Å². The Kier molecular flexibility index (Phi) is 5.26. The first-order valence-corrected chi connectivity index (χ1v) is 6.71. The molecule has 2 heteroatoms. The highest BCUT2D eigenvalue weighted by molar-refractivity contribution is 4.73. The van der Waals surface area contributed by atoms with Crippen molar-refractivity contribution in [2.24, 2.45) is 11.8 Å². The summed E-state index contributed by atoms with van der Waals surface area (Å²) in [5, 5.41) is 0. The van der Waals surface area contributed by atoms with Crippen molar-refractivity contribution in [1.82, 2.24) is 0 Å². The lowest BCUT2D eigenvalue weighted by atomic mass is 10.0. The van der Waals surface area contributed by atoms with Crippen LogP contribution in [0.4, 0.5) is 0 Å². The molecule has 0 spiro atoms. The van der Waals surface area contributed by atoms with Gasteiger partial charge in [-0.25, -0.2) is 0 Å². The molecule has 2 heterocycles. The van der Waals surface area contributed by atoms with Crippen molar-refractivity contribution < 1.29 is 9.47 Å². The summed E-state index contributed by atoms with van der Waals surface area (Å²) in [6, 6.07) is 0. The van der Waals surface area contributed by atoms with Crippen molar-refractivity contribution in [3.05, 3.63) is 0 Å². The number of rotatable bonds is 0. The molecule has 0 aromatic carbocycles. The molecule has 0 aromatic rings. The van der Waals surface area contributed by atoms with Crippen LogP contribution in [0, 0.1) is 11.8 Å². The normalized spacial score (nSPS) is 47.6. The van der Waals surface area contributed by atoms with Crippen molar-refractivity contribution in [3.63, 3.8) is 0 Å². The average Bonchev–Trinajstić information content (AvgIpc) is 2.58. The maximum atomic E-state index is 5.47. The van der Waals surface area contributed by atoms with Gasteiger partial charge in [-0.15, -0.1) is 0 Å². The molecule has 2 unspecified atom stereocenters. The van der Waals surface area contributed by atoms with Crippen molar-refractivity contribution in [1.29, 1.82) is 0 Å². The van der Waals surface area contributed by atoms with Crippen LogP contribution in [0.5, 0.6) is 0 Å². The van der Waals surface area contributed by atoms with E-state index >= 15 is 0 Å². The number of ether oxygens (including phenoxy) is 2. The van der Waals surface area contributed by atoms with Gasteiger partial charge in [0.15, 0.2) is 0 Å². The molecule has 2 aliphatic rings. The molecule has 2 nitrogen and oxygen atoms in total. The third-order valence-electron chi connectivity index (χ3n) is 3.90. The lowest BCUT2D eigenvalue weighted by Crippen LogP contribution is -2.06. The molecule has 2 rings (SSSR count). The van der Waals surface area contributed by atoms with Crippen molar-refractivity contribution in [2.45, 2.75) is 78.8 Å². The minimum absolute atomic E-state index is 0.491. The fraction of sp³-hybridized carbons (Fsp3) is 1.00. The van der Waals surface area contributed by atoms with E-state index in [1.165, 1.54) is 12.8 Å². The molecule has 0 saturated carbocycles. The highest BCUT2D eigenvalue weighted by Crippen LogP contribution is 2.25. The molecule has 0 N–H and O–H groups in total. The molecule has 0 aliphatic carbocycles. The van der Waals surface area contributed by atoms with Gasteiger partial charge < -0.3 is 9.47 Å². The molecular formula is C14H28O2. The Morgan fingerprint density at radius 2 is 0.938 bits per heavy atom. The van der Waals surface area contributed by atoms with E-state index < -0.39 is 0 Å². The first-order chi connectivity index (χ1) is 7.40. The van der Waals surface area contributed by atoms with E-state index in [2.05, 4.69) is 41.5 Å². The highest BCUT2D eigenvalue weighted by atomic mass is 16.5. The van der Waals surface area contributed by atoms with Gasteiger partial charge in [-0.3, -0.25) is 0 Å². The summed E-state index contributed by atoms with van der Waals surface area (Å²) in [5.41, 5.74) is 0. The van der Waals surface area contributed by atoms with Crippen molar-refractivity contribution >= 4 is 0 Å². The van der Waals surface area contributed by atoms with E-state index in [1.54, 1.807) is 0 Å². The van der Waals surface area contributed by atoms with Gasteiger partial charge in [0.25, 0.3) is 0 Å². The van der Waals surface area contributed by atoms with Gasteiger partial charge >= 0.3 is 0 Å². The second-order valence-electron chi connectivity index (χ2n) is 5.73. The van der Waals surface area contributed by atoms with Gasteiger partial charge in [0.1, 0.15) is 0 Å². The SMILES string of the molecule is CC1C[C@@H](C)O[C@@H]1C.CC1C[C@H](C)O[C@@H]1C. The van der Waals surface area contributed by atoms with Crippen LogP contribution in [0.2, 0.25) is 0 Å². The highest BCUT2D eigenvalue weighted by Gasteiger charge is 2.25. The average molecular weight is 228 g/mol. The van der Waals surface area contributed by atoms with Crippen LogP contribution >= 0.6 is 0 Å². The summed E-state index contributed by atoms with van der Waals surface area (Å²) in [7, 11) is 0. The predicted molar refractivity (Wildman–Crippen MR) is 67.6 cm³/mol. The Morgan fingerprint density at radius 1 is 0.625 bits per heavy atom. The van der Waals surface area contributed by atoms with E-state index in [9.17, 15) is 0 Å². The van der Waals surface area contributed by atoms with E-state index in [-0.39, 0.29) is 0 Å². The van der Waals surface area contributed by atoms with Crippen LogP contribution in [0.25, 0.3) is 0 Å². The Labute approximate surface area is 101 Å². The molecule has 96 valence electrons. The van der Waals surface area contributed by atoms with Gasteiger partial charge in [0, 0.05) is 0 Å². The Bertz CT molecular complexity index is 163. The van der Waals surface area contributed by atoms with Crippen LogP contribution in [-0.2, 0) is 9.47 Å². The molecule has 6 atom stereocenters. The monoisotopic (exact) mass is 228 g/mol. The summed E-state index contributed by atoms with van der Waals surface area (Å²) in [5.74, 6) is 1.54. The number of hydrogen-bond acceptors (Lipinski definition) is 2. The van der Waals surface area contributed by atoms with E-state index in [4.69, 9.17) is 9.47 Å². The minimum Gasteiger partial charge on any atom is -0.375 e. The zero-order valence-corrected chi connectivity index (χ0v) is 11.7. The minimum atomic E-state index is 0.491. The summed E-state index contributed by atoms with van der Waals surface area (Å²) >= 11 is 0. The van der Waals surface area contributed by atoms with Crippen LogP contribution in [-0.4, -0.2) is 24.4 Å². The quantitative estimate of drug-likeness (QED) is 0.630. The second-order valence-corrected chi connectivity index (χ2v) is 5.73. The molecule has 16 heavy (non-hydrogen) atoms. The molecular weight excluding hydrogens is 200 g/mol. The lowest BCUT2D eigenvalue weighted by Gasteiger charge is -2.05. The molecule has 2 saturated heterocycles. The zero-order chi connectivity index (χ0) is 12.3. The summed E-state index contributed by atoms with van der Waals surface area (Å²) < 4.78 is 10.9. The van der Waals surface area contributed by atoms with E-state index in [0.717, 1.165) is 11.8 Å². The summed E-state index contributed by atoms with van der Waals surface area (Å²) in [6.07, 6.45) is 4.46. The molecule has 2 fully saturated rings. The molecule has 0 amide bonds. The third kappa shape index (κ3) is 4.06. The Hall–Kier alpha value is -0.0800. The molecule has 2 aliphatic heterocycles. The topological polar surface area (TPSA) is 18.5 Å². The fourth-order valence-corrected chi connectivity index (χ4v) is 2.54. The van der Waals surface area contributed by atoms with Crippen LogP contribution in [0.15, 0.2) is 0 Å². The summed E-state index contributed by atoms with van der Waals surface area (Å²) in [4.78, 5) is 0. The standard InChI is InChI=1S/2C7H14O/c2*1-5-4-6(2)8-7(5)3/h2*5-7H,4H2,1-3H3/t5?,6-,7+;5?,6-,7-/m01/s1. The van der Waals surface area contributed by atoms with Crippen molar-refractivity contribution in [3.8, 4) is 0 Å². The van der Waals surface area contributed by atoms with E-state index in [0.29, 0.717) is 24.4 Å². The van der Waals surface area contributed by atoms with Crippen molar-refractivity contribution in [2.75, 3.05) is 0 Å². The maximum absolute atomic E-state index is 5.47. The second kappa shape index (κ2) is 6.02. The smallest absolute Gasteiger partial charge is 0.0577 e. The zero-order valence-electron chi connectivity index (χ0n) is 11.7. The largest absolute Gasteiger partial charge is 0.375 e. The fourth-order valence-electron chi connectivity index (χ4n) is 2.54. The van der Waals surface area contributed by atoms with E-state index in [1.807, 2.05) is 0 Å². The van der Waals surface area contributed by atoms with Crippen LogP contribution < -0.4 is 0 Å². The predicted octanol–water partition coefficient (Wildman–Crippen LogP) is 3.64. The van der Waals surface area contributed by atoms with Crippen LogP contribution in [0.3, 0.4) is 0 Å². The van der Waals surface area contributed by atoms with Gasteiger partial charge in [-0.1, -0.05) is 13.8 Å². The Morgan fingerprint density at radius 3 is 1.00 bits per heavy atom. The summed E-state index contributed by atoms with van der Waals surface area (Å²) in [6.45, 7) is 13.1. The first-order valence-electron chi connectivity index (χ1n) is 6.71. The molecule has 0 radical (unpaired) electrons. The molecule has 0 aromatic heterocycles. The van der Waals surface area contributed by atoms with Gasteiger partial charge in [-0.2, -0.15) is 0 Å². The lowest BCUT2D eigenvalue weighted by molar-refractivity contribution is 0.0578.